The molecule has 1 aromatic carbocycles. The van der Waals surface area contributed by atoms with Crippen molar-refractivity contribution in [3.63, 3.8) is 0 Å². The highest BCUT2D eigenvalue weighted by Crippen LogP contribution is 2.23. The molecule has 136 valence electrons. The molecule has 0 aliphatic heterocycles. The molecule has 26 heavy (non-hydrogen) atoms. The Labute approximate surface area is 150 Å². The number of hydrogen-bond donors (Lipinski definition) is 0. The van der Waals surface area contributed by atoms with Crippen molar-refractivity contribution < 1.29 is 18.7 Å². The third kappa shape index (κ3) is 3.46. The molecule has 0 amide bonds. The van der Waals surface area contributed by atoms with Crippen molar-refractivity contribution >= 4 is 16.9 Å². The van der Waals surface area contributed by atoms with E-state index >= 15 is 0 Å². The summed E-state index contributed by atoms with van der Waals surface area (Å²) < 4.78 is 17.5. The Balaban J connectivity index is 1.79. The fourth-order valence-electron chi connectivity index (χ4n) is 2.88. The lowest BCUT2D eigenvalue weighted by Gasteiger charge is -2.08. The van der Waals surface area contributed by atoms with E-state index in [1.807, 2.05) is 20.9 Å². The van der Waals surface area contributed by atoms with Gasteiger partial charge in [-0.3, -0.25) is 9.48 Å². The van der Waals surface area contributed by atoms with Crippen LogP contribution in [0.1, 0.15) is 22.5 Å². The van der Waals surface area contributed by atoms with Crippen LogP contribution in [0.15, 0.2) is 33.5 Å². The number of methoxy groups -OCH3 is 1. The number of nitrogens with zero attached hydrogens (tertiary/aromatic N) is 2. The maximum Gasteiger partial charge on any atom is 0.336 e. The maximum absolute atomic E-state index is 12.2. The Morgan fingerprint density at radius 1 is 1.27 bits per heavy atom. The van der Waals surface area contributed by atoms with Crippen molar-refractivity contribution in [1.29, 1.82) is 0 Å². The first kappa shape index (κ1) is 17.7. The van der Waals surface area contributed by atoms with Gasteiger partial charge >= 0.3 is 11.6 Å². The lowest BCUT2D eigenvalue weighted by Crippen LogP contribution is -2.11. The van der Waals surface area contributed by atoms with E-state index in [2.05, 4.69) is 5.10 Å². The SMILES string of the molecule is COc1ccc2c(COC(=O)Cc3c(C)nn(C)c3C)cc(=O)oc2c1. The summed E-state index contributed by atoms with van der Waals surface area (Å²) in [7, 11) is 3.37. The number of aromatic nitrogens is 2. The largest absolute Gasteiger partial charge is 0.497 e. The van der Waals surface area contributed by atoms with Crippen molar-refractivity contribution in [3.05, 3.63) is 57.2 Å². The molecule has 3 rings (SSSR count). The smallest absolute Gasteiger partial charge is 0.336 e. The number of hydrogen-bond acceptors (Lipinski definition) is 6. The lowest BCUT2D eigenvalue weighted by molar-refractivity contribution is -0.144. The van der Waals surface area contributed by atoms with E-state index in [0.29, 0.717) is 22.3 Å². The Bertz CT molecular complexity index is 1030. The molecule has 0 saturated heterocycles. The van der Waals surface area contributed by atoms with Crippen LogP contribution in [-0.4, -0.2) is 22.9 Å². The summed E-state index contributed by atoms with van der Waals surface area (Å²) in [6.07, 6.45) is 0.138. The van der Waals surface area contributed by atoms with Gasteiger partial charge in [0.1, 0.15) is 17.9 Å². The minimum atomic E-state index is -0.504. The summed E-state index contributed by atoms with van der Waals surface area (Å²) in [5, 5.41) is 4.99. The second-order valence-corrected chi connectivity index (χ2v) is 6.06. The number of esters is 1. The van der Waals surface area contributed by atoms with Gasteiger partial charge < -0.3 is 13.9 Å². The van der Waals surface area contributed by atoms with E-state index < -0.39 is 5.63 Å². The second-order valence-electron chi connectivity index (χ2n) is 6.06. The molecule has 0 radical (unpaired) electrons. The van der Waals surface area contributed by atoms with Gasteiger partial charge in [-0.05, 0) is 26.0 Å². The van der Waals surface area contributed by atoms with E-state index in [1.165, 1.54) is 13.2 Å². The molecule has 0 aliphatic carbocycles. The zero-order chi connectivity index (χ0) is 18.8. The van der Waals surface area contributed by atoms with Crippen molar-refractivity contribution in [2.45, 2.75) is 26.9 Å². The van der Waals surface area contributed by atoms with E-state index in [-0.39, 0.29) is 19.0 Å². The molecular weight excluding hydrogens is 336 g/mol. The molecule has 0 saturated carbocycles. The zero-order valence-electron chi connectivity index (χ0n) is 15.2. The molecule has 2 aromatic heterocycles. The van der Waals surface area contributed by atoms with Crippen LogP contribution in [0.2, 0.25) is 0 Å². The highest BCUT2D eigenvalue weighted by molar-refractivity contribution is 5.82. The molecule has 0 atom stereocenters. The predicted octanol–water partition coefficient (Wildman–Crippen LogP) is 2.44. The van der Waals surface area contributed by atoms with Gasteiger partial charge in [0.25, 0.3) is 0 Å². The molecule has 0 spiro atoms. The molecular formula is C19H20N2O5. The quantitative estimate of drug-likeness (QED) is 0.516. The Morgan fingerprint density at radius 2 is 2.04 bits per heavy atom. The Hall–Kier alpha value is -3.09. The van der Waals surface area contributed by atoms with Crippen molar-refractivity contribution in [3.8, 4) is 5.75 Å². The normalized spacial score (nSPS) is 10.9. The standard InChI is InChI=1S/C19H20N2O5/c1-11-16(12(2)21(3)20-11)9-18(22)25-10-13-7-19(23)26-17-8-14(24-4)5-6-15(13)17/h5-8H,9-10H2,1-4H3. The topological polar surface area (TPSA) is 83.6 Å². The van der Waals surface area contributed by atoms with Crippen LogP contribution in [0.3, 0.4) is 0 Å². The third-order valence-electron chi connectivity index (χ3n) is 4.41. The number of rotatable bonds is 5. The van der Waals surface area contributed by atoms with Gasteiger partial charge in [0.15, 0.2) is 0 Å². The van der Waals surface area contributed by atoms with E-state index in [9.17, 15) is 9.59 Å². The molecule has 0 bridgehead atoms. The Kier molecular flexibility index (Phi) is 4.79. The molecule has 0 aliphatic rings. The van der Waals surface area contributed by atoms with Crippen LogP contribution >= 0.6 is 0 Å². The van der Waals surface area contributed by atoms with Gasteiger partial charge in [-0.2, -0.15) is 5.10 Å². The highest BCUT2D eigenvalue weighted by Gasteiger charge is 2.15. The first-order chi connectivity index (χ1) is 12.4. The fourth-order valence-corrected chi connectivity index (χ4v) is 2.88. The number of aryl methyl sites for hydroxylation is 2. The van der Waals surface area contributed by atoms with Crippen LogP contribution in [-0.2, 0) is 29.6 Å². The zero-order valence-corrected chi connectivity index (χ0v) is 15.2. The fraction of sp³-hybridized carbons (Fsp3) is 0.316. The molecule has 0 N–H and O–H groups in total. The summed E-state index contributed by atoms with van der Waals surface area (Å²) in [6, 6.07) is 6.50. The van der Waals surface area contributed by atoms with Crippen molar-refractivity contribution in [1.82, 2.24) is 9.78 Å². The van der Waals surface area contributed by atoms with Gasteiger partial charge in [-0.15, -0.1) is 0 Å². The monoisotopic (exact) mass is 356 g/mol. The average molecular weight is 356 g/mol. The predicted molar refractivity (Wildman–Crippen MR) is 95.2 cm³/mol. The number of carbonyl (C=O) groups excluding carboxylic acids is 1. The van der Waals surface area contributed by atoms with Crippen LogP contribution in [0.5, 0.6) is 5.75 Å². The molecule has 7 nitrogen and oxygen atoms in total. The summed E-state index contributed by atoms with van der Waals surface area (Å²) in [4.78, 5) is 24.0. The van der Waals surface area contributed by atoms with Crippen molar-refractivity contribution in [2.75, 3.05) is 7.11 Å². The molecule has 0 unspecified atom stereocenters. The summed E-state index contributed by atoms with van der Waals surface area (Å²) >= 11 is 0. The Morgan fingerprint density at radius 3 is 2.69 bits per heavy atom. The van der Waals surface area contributed by atoms with Gasteiger partial charge in [-0.25, -0.2) is 4.79 Å². The van der Waals surface area contributed by atoms with Crippen LogP contribution in [0, 0.1) is 13.8 Å². The molecule has 2 heterocycles. The molecule has 7 heteroatoms. The summed E-state index contributed by atoms with van der Waals surface area (Å²) in [5.41, 5.74) is 3.07. The van der Waals surface area contributed by atoms with Gasteiger partial charge in [0.05, 0.1) is 19.2 Å². The average Bonchev–Trinajstić information content (AvgIpc) is 2.85. The number of benzene rings is 1. The first-order valence-corrected chi connectivity index (χ1v) is 8.14. The number of carbonyl (C=O) groups is 1. The van der Waals surface area contributed by atoms with Gasteiger partial charge in [0.2, 0.25) is 0 Å². The van der Waals surface area contributed by atoms with Crippen LogP contribution < -0.4 is 10.4 Å². The minimum Gasteiger partial charge on any atom is -0.497 e. The van der Waals surface area contributed by atoms with Crippen LogP contribution in [0.4, 0.5) is 0 Å². The number of ether oxygens (including phenoxy) is 2. The minimum absolute atomic E-state index is 0.00831. The van der Waals surface area contributed by atoms with Crippen LogP contribution in [0.25, 0.3) is 11.0 Å². The lowest BCUT2D eigenvalue weighted by atomic mass is 10.1. The third-order valence-corrected chi connectivity index (χ3v) is 4.41. The van der Waals surface area contributed by atoms with E-state index in [0.717, 1.165) is 17.0 Å². The maximum atomic E-state index is 12.2. The van der Waals surface area contributed by atoms with Gasteiger partial charge in [-0.1, -0.05) is 0 Å². The summed E-state index contributed by atoms with van der Waals surface area (Å²) in [6.45, 7) is 3.76. The summed E-state index contributed by atoms with van der Waals surface area (Å²) in [5.74, 6) is 0.205. The number of fused-ring (bicyclic) bond motifs is 1. The highest BCUT2D eigenvalue weighted by atomic mass is 16.5. The van der Waals surface area contributed by atoms with E-state index in [4.69, 9.17) is 13.9 Å². The second kappa shape index (κ2) is 7.03. The molecule has 0 fully saturated rings. The van der Waals surface area contributed by atoms with Gasteiger partial charge in [0, 0.05) is 41.4 Å². The van der Waals surface area contributed by atoms with Crippen molar-refractivity contribution in [2.24, 2.45) is 7.05 Å². The molecule has 3 aromatic rings. The van der Waals surface area contributed by atoms with E-state index in [1.54, 1.807) is 22.9 Å². The first-order valence-electron chi connectivity index (χ1n) is 8.14.